The molecule has 2 aromatic heterocycles. The summed E-state index contributed by atoms with van der Waals surface area (Å²) in [5.74, 6) is -0.00702. The predicted octanol–water partition coefficient (Wildman–Crippen LogP) is 7.54. The van der Waals surface area contributed by atoms with E-state index in [0.29, 0.717) is 47.0 Å². The van der Waals surface area contributed by atoms with Crippen molar-refractivity contribution in [1.29, 1.82) is 0 Å². The Kier molecular flexibility index (Phi) is 9.07. The second-order valence-electron chi connectivity index (χ2n) is 9.65. The highest BCUT2D eigenvalue weighted by Crippen LogP contribution is 2.37. The van der Waals surface area contributed by atoms with Crippen LogP contribution in [-0.2, 0) is 16.1 Å². The van der Waals surface area contributed by atoms with Gasteiger partial charge in [0.1, 0.15) is 18.4 Å². The number of ether oxygens (including phenoxy) is 2. The van der Waals surface area contributed by atoms with E-state index in [1.54, 1.807) is 54.0 Å². The minimum atomic E-state index is -0.718. The Hall–Kier alpha value is -3.66. The van der Waals surface area contributed by atoms with Crippen LogP contribution in [0.4, 0.5) is 0 Å². The summed E-state index contributed by atoms with van der Waals surface area (Å²) in [6.45, 7) is 2.12. The number of halogens is 3. The maximum atomic E-state index is 14.2. The lowest BCUT2D eigenvalue weighted by Crippen LogP contribution is -2.39. The normalized spacial score (nSPS) is 14.7. The fraction of sp³-hybridized carbons (Fsp3) is 0.121. The molecule has 0 amide bonds. The van der Waals surface area contributed by atoms with E-state index in [2.05, 4.69) is 0 Å². The zero-order chi connectivity index (χ0) is 30.8. The van der Waals surface area contributed by atoms with Gasteiger partial charge in [0.25, 0.3) is 5.56 Å². The Morgan fingerprint density at radius 2 is 1.77 bits per heavy atom. The van der Waals surface area contributed by atoms with Gasteiger partial charge in [0, 0.05) is 36.6 Å². The van der Waals surface area contributed by atoms with Gasteiger partial charge >= 0.3 is 5.97 Å². The molecule has 3 aromatic carbocycles. The number of rotatable bonds is 8. The predicted molar refractivity (Wildman–Crippen MR) is 178 cm³/mol. The van der Waals surface area contributed by atoms with Crippen molar-refractivity contribution in [3.05, 3.63) is 146 Å². The number of carbonyl (C=O) groups is 1. The number of nitrogens with zero attached hydrogens (tertiary/aromatic N) is 2. The van der Waals surface area contributed by atoms with Crippen molar-refractivity contribution in [3.63, 3.8) is 0 Å². The molecule has 1 aliphatic heterocycles. The third-order valence-electron chi connectivity index (χ3n) is 6.84. The van der Waals surface area contributed by atoms with Gasteiger partial charge in [0.05, 0.1) is 22.4 Å². The highest BCUT2D eigenvalue weighted by Gasteiger charge is 2.35. The summed E-state index contributed by atoms with van der Waals surface area (Å²) in [5.41, 5.74) is 2.60. The molecule has 222 valence electrons. The molecule has 0 saturated heterocycles. The molecule has 3 heterocycles. The zero-order valence-electron chi connectivity index (χ0n) is 23.1. The van der Waals surface area contributed by atoms with E-state index < -0.39 is 12.0 Å². The molecule has 0 radical (unpaired) electrons. The van der Waals surface area contributed by atoms with Crippen molar-refractivity contribution < 1.29 is 14.3 Å². The number of thiazole rings is 1. The molecule has 6 nitrogen and oxygen atoms in total. The van der Waals surface area contributed by atoms with Crippen molar-refractivity contribution in [3.8, 4) is 5.75 Å². The summed E-state index contributed by atoms with van der Waals surface area (Å²) in [5, 5.41) is 3.41. The molecule has 44 heavy (non-hydrogen) atoms. The van der Waals surface area contributed by atoms with E-state index in [4.69, 9.17) is 49.3 Å². The molecule has 0 aliphatic carbocycles. The standard InChI is InChI=1S/C33H23Cl3N2O4S2/c1-2-41-32(40)28-29(19-7-4-3-5-8-19)37-33-38(30(28)26-9-6-14-43-26)31(39)27(44-33)16-21-15-22(34)12-13-25(21)42-18-20-10-11-23(35)17-24(20)36/h3-17,30H,2,18H2,1H3/b27-16-/t30-/m0/s1. The van der Waals surface area contributed by atoms with Gasteiger partial charge in [-0.15, -0.1) is 11.3 Å². The van der Waals surface area contributed by atoms with E-state index in [9.17, 15) is 9.59 Å². The molecule has 0 bridgehead atoms. The average molecular weight is 682 g/mol. The number of aromatic nitrogens is 1. The van der Waals surface area contributed by atoms with Crippen molar-refractivity contribution in [2.24, 2.45) is 4.99 Å². The molecular formula is C33H23Cl3N2O4S2. The Morgan fingerprint density at radius 3 is 2.50 bits per heavy atom. The highest BCUT2D eigenvalue weighted by atomic mass is 35.5. The molecule has 11 heteroatoms. The van der Waals surface area contributed by atoms with Crippen LogP contribution in [0.25, 0.3) is 11.8 Å². The van der Waals surface area contributed by atoms with Crippen molar-refractivity contribution in [2.45, 2.75) is 19.6 Å². The first kappa shape index (κ1) is 30.4. The maximum Gasteiger partial charge on any atom is 0.338 e. The fourth-order valence-electron chi connectivity index (χ4n) is 4.86. The fourth-order valence-corrected chi connectivity index (χ4v) is 7.31. The van der Waals surface area contributed by atoms with Gasteiger partial charge in [-0.25, -0.2) is 9.79 Å². The third-order valence-corrected chi connectivity index (χ3v) is 9.57. The summed E-state index contributed by atoms with van der Waals surface area (Å²) in [6.07, 6.45) is 1.73. The quantitative estimate of drug-likeness (QED) is 0.159. The Labute approximate surface area is 275 Å². The summed E-state index contributed by atoms with van der Waals surface area (Å²) < 4.78 is 13.6. The van der Waals surface area contributed by atoms with Crippen LogP contribution in [0, 0.1) is 0 Å². The first-order valence-corrected chi connectivity index (χ1v) is 16.3. The van der Waals surface area contributed by atoms with Gasteiger partial charge < -0.3 is 9.47 Å². The van der Waals surface area contributed by atoms with E-state index in [0.717, 1.165) is 16.0 Å². The number of hydrogen-bond acceptors (Lipinski definition) is 7. The van der Waals surface area contributed by atoms with Crippen LogP contribution in [0.5, 0.6) is 5.75 Å². The number of esters is 1. The molecular weight excluding hydrogens is 659 g/mol. The van der Waals surface area contributed by atoms with Gasteiger partial charge in [-0.3, -0.25) is 9.36 Å². The van der Waals surface area contributed by atoms with E-state index in [-0.39, 0.29) is 18.8 Å². The summed E-state index contributed by atoms with van der Waals surface area (Å²) in [7, 11) is 0. The molecule has 0 saturated carbocycles. The smallest absolute Gasteiger partial charge is 0.338 e. The molecule has 1 atom stereocenters. The molecule has 5 aromatic rings. The zero-order valence-corrected chi connectivity index (χ0v) is 27.0. The monoisotopic (exact) mass is 680 g/mol. The van der Waals surface area contributed by atoms with Crippen LogP contribution < -0.4 is 19.6 Å². The number of carbonyl (C=O) groups excluding carboxylic acids is 1. The third kappa shape index (κ3) is 6.14. The minimum Gasteiger partial charge on any atom is -0.488 e. The summed E-state index contributed by atoms with van der Waals surface area (Å²) in [4.78, 5) is 33.8. The Bertz CT molecular complexity index is 2070. The van der Waals surface area contributed by atoms with Crippen molar-refractivity contribution >= 4 is 75.2 Å². The minimum absolute atomic E-state index is 0.182. The van der Waals surface area contributed by atoms with Gasteiger partial charge in [-0.2, -0.15) is 0 Å². The molecule has 0 fully saturated rings. The first-order valence-electron chi connectivity index (χ1n) is 13.5. The molecule has 6 rings (SSSR count). The molecule has 0 N–H and O–H groups in total. The van der Waals surface area contributed by atoms with E-state index >= 15 is 0 Å². The second kappa shape index (κ2) is 13.1. The lowest BCUT2D eigenvalue weighted by Gasteiger charge is -2.24. The van der Waals surface area contributed by atoms with Crippen LogP contribution in [0.2, 0.25) is 15.1 Å². The summed E-state index contributed by atoms with van der Waals surface area (Å²) in [6, 6.07) is 22.9. The largest absolute Gasteiger partial charge is 0.488 e. The van der Waals surface area contributed by atoms with Crippen LogP contribution in [0.1, 0.15) is 34.5 Å². The number of thiophene rings is 1. The molecule has 1 aliphatic rings. The van der Waals surface area contributed by atoms with Crippen molar-refractivity contribution in [2.75, 3.05) is 6.61 Å². The topological polar surface area (TPSA) is 69.9 Å². The van der Waals surface area contributed by atoms with Crippen LogP contribution in [-0.4, -0.2) is 17.1 Å². The van der Waals surface area contributed by atoms with E-state index in [1.165, 1.54) is 22.7 Å². The van der Waals surface area contributed by atoms with Crippen LogP contribution in [0.15, 0.2) is 99.6 Å². The van der Waals surface area contributed by atoms with Gasteiger partial charge in [-0.05, 0) is 54.8 Å². The molecule has 0 spiro atoms. The number of hydrogen-bond donors (Lipinski definition) is 0. The van der Waals surface area contributed by atoms with Crippen LogP contribution >= 0.6 is 57.5 Å². The Balaban J connectivity index is 1.51. The Morgan fingerprint density at radius 1 is 1.00 bits per heavy atom. The first-order chi connectivity index (χ1) is 21.3. The average Bonchev–Trinajstić information content (AvgIpc) is 3.65. The van der Waals surface area contributed by atoms with Gasteiger partial charge in [0.2, 0.25) is 0 Å². The van der Waals surface area contributed by atoms with E-state index in [1.807, 2.05) is 47.8 Å². The van der Waals surface area contributed by atoms with Crippen molar-refractivity contribution in [1.82, 2.24) is 4.57 Å². The molecule has 0 unspecified atom stereocenters. The van der Waals surface area contributed by atoms with Crippen LogP contribution in [0.3, 0.4) is 0 Å². The maximum absolute atomic E-state index is 14.2. The SMILES string of the molecule is CCOC(=O)C1=C(c2ccccc2)N=c2s/c(=C\c3cc(Cl)ccc3OCc3ccc(Cl)cc3Cl)c(=O)n2[C@H]1c1cccs1. The lowest BCUT2D eigenvalue weighted by molar-refractivity contribution is -0.138. The van der Waals surface area contributed by atoms with Gasteiger partial charge in [-0.1, -0.05) is 88.6 Å². The lowest BCUT2D eigenvalue weighted by atomic mass is 9.97. The highest BCUT2D eigenvalue weighted by molar-refractivity contribution is 7.10. The number of benzene rings is 3. The summed E-state index contributed by atoms with van der Waals surface area (Å²) >= 11 is 21.5. The second-order valence-corrected chi connectivity index (χ2v) is 12.9. The number of fused-ring (bicyclic) bond motifs is 1. The van der Waals surface area contributed by atoms with Gasteiger partial charge in [0.15, 0.2) is 4.80 Å².